The van der Waals surface area contributed by atoms with Crippen molar-refractivity contribution in [1.82, 2.24) is 0 Å². The van der Waals surface area contributed by atoms with E-state index < -0.39 is 6.93 Å². The third-order valence-electron chi connectivity index (χ3n) is 6.06. The predicted octanol–water partition coefficient (Wildman–Crippen LogP) is 9.39. The van der Waals surface area contributed by atoms with Crippen molar-refractivity contribution in [2.24, 2.45) is 5.73 Å². The first-order valence-corrected chi connectivity index (χ1v) is 13.4. The fourth-order valence-electron chi connectivity index (χ4n) is 3.73. The van der Waals surface area contributed by atoms with Crippen LogP contribution in [0, 0.1) is 5.82 Å². The molecule has 0 bridgehead atoms. The molecule has 0 saturated heterocycles. The van der Waals surface area contributed by atoms with Gasteiger partial charge in [-0.15, -0.1) is 9.24 Å². The number of hydrogen-bond donors (Lipinski definition) is 1. The van der Waals surface area contributed by atoms with Crippen LogP contribution in [-0.4, -0.2) is 18.6 Å². The summed E-state index contributed by atoms with van der Waals surface area (Å²) in [5.41, 5.74) is 9.34. The summed E-state index contributed by atoms with van der Waals surface area (Å²) in [4.78, 5) is 0. The van der Waals surface area contributed by atoms with E-state index in [1.54, 1.807) is 0 Å². The number of hydrogen-bond acceptors (Lipinski definition) is 2. The SMILES string of the molecule is C=C(OC(C)c1ccc(C(C)C)cc1)C(C)(P)CCC.CCCC(CN)c1ccc(F)cc1.FCF. The highest BCUT2D eigenvalue weighted by atomic mass is 31.0. The molecule has 0 saturated carbocycles. The molecular formula is C30H47F3NOP. The largest absolute Gasteiger partial charge is 0.490 e. The molecule has 4 atom stereocenters. The molecule has 36 heavy (non-hydrogen) atoms. The highest BCUT2D eigenvalue weighted by Gasteiger charge is 2.24. The van der Waals surface area contributed by atoms with Crippen molar-refractivity contribution in [2.45, 2.75) is 90.3 Å². The fourth-order valence-corrected chi connectivity index (χ4v) is 4.09. The summed E-state index contributed by atoms with van der Waals surface area (Å²) in [6.45, 7) is 16.0. The van der Waals surface area contributed by atoms with Gasteiger partial charge in [-0.3, -0.25) is 0 Å². The molecule has 2 nitrogen and oxygen atoms in total. The molecule has 0 heterocycles. The van der Waals surface area contributed by atoms with Gasteiger partial charge in [-0.05, 0) is 73.9 Å². The Morgan fingerprint density at radius 2 is 1.42 bits per heavy atom. The van der Waals surface area contributed by atoms with Crippen molar-refractivity contribution in [2.75, 3.05) is 13.5 Å². The van der Waals surface area contributed by atoms with E-state index in [0.717, 1.165) is 37.0 Å². The predicted molar refractivity (Wildman–Crippen MR) is 152 cm³/mol. The third kappa shape index (κ3) is 12.9. The van der Waals surface area contributed by atoms with Gasteiger partial charge < -0.3 is 10.5 Å². The van der Waals surface area contributed by atoms with Crippen LogP contribution in [0.5, 0.6) is 0 Å². The van der Waals surface area contributed by atoms with Crippen molar-refractivity contribution in [3.8, 4) is 0 Å². The van der Waals surface area contributed by atoms with Gasteiger partial charge in [-0.2, -0.15) is 0 Å². The maximum absolute atomic E-state index is 12.6. The standard InChI is InChI=1S/C18H29OP.C11H16FN.CH2F2/c1-7-12-18(6,20)15(5)19-14(4)17-10-8-16(9-11-17)13(2)3;1-2-3-10(8-13)9-4-6-11(12)7-5-9;2-1-3/h8-11,13-14H,5,7,12,20H2,1-4,6H3;4-7,10H,2-3,8,13H2,1H3;1H2. The van der Waals surface area contributed by atoms with Crippen LogP contribution in [0.2, 0.25) is 0 Å². The molecular weight excluding hydrogens is 478 g/mol. The summed E-state index contributed by atoms with van der Waals surface area (Å²) in [5, 5.41) is -0.0408. The number of allylic oxidation sites excluding steroid dienone is 1. The van der Waals surface area contributed by atoms with Crippen molar-refractivity contribution < 1.29 is 17.9 Å². The van der Waals surface area contributed by atoms with Crippen molar-refractivity contribution in [3.63, 3.8) is 0 Å². The topological polar surface area (TPSA) is 35.2 Å². The lowest BCUT2D eigenvalue weighted by molar-refractivity contribution is 0.115. The fraction of sp³-hybridized carbons (Fsp3) is 0.533. The van der Waals surface area contributed by atoms with Crippen LogP contribution in [0.25, 0.3) is 0 Å². The van der Waals surface area contributed by atoms with E-state index in [1.165, 1.54) is 23.3 Å². The molecule has 0 aliphatic carbocycles. The molecule has 0 spiro atoms. The number of ether oxygens (including phenoxy) is 1. The van der Waals surface area contributed by atoms with Crippen LogP contribution in [0.1, 0.15) is 102 Å². The Balaban J connectivity index is 0.000000657. The molecule has 0 amide bonds. The average molecular weight is 526 g/mol. The summed E-state index contributed by atoms with van der Waals surface area (Å²) in [5.74, 6) is 1.61. The Bertz CT molecular complexity index is 838. The Morgan fingerprint density at radius 3 is 1.83 bits per heavy atom. The first kappa shape index (κ1) is 34.2. The van der Waals surface area contributed by atoms with Crippen LogP contribution < -0.4 is 5.73 Å². The molecule has 4 unspecified atom stereocenters. The average Bonchev–Trinajstić information content (AvgIpc) is 2.84. The lowest BCUT2D eigenvalue weighted by Gasteiger charge is -2.29. The summed E-state index contributed by atoms with van der Waals surface area (Å²) < 4.78 is 37.9. The van der Waals surface area contributed by atoms with Gasteiger partial charge in [0.1, 0.15) is 11.9 Å². The Kier molecular flexibility index (Phi) is 17.5. The molecule has 0 radical (unpaired) electrons. The summed E-state index contributed by atoms with van der Waals surface area (Å²) in [7, 11) is 2.87. The maximum Gasteiger partial charge on any atom is 0.229 e. The number of alkyl halides is 2. The maximum atomic E-state index is 12.6. The van der Waals surface area contributed by atoms with Gasteiger partial charge >= 0.3 is 0 Å². The highest BCUT2D eigenvalue weighted by molar-refractivity contribution is 7.19. The van der Waals surface area contributed by atoms with E-state index >= 15 is 0 Å². The summed E-state index contributed by atoms with van der Waals surface area (Å²) in [6.07, 6.45) is 4.41. The van der Waals surface area contributed by atoms with Crippen molar-refractivity contribution >= 4 is 9.24 Å². The monoisotopic (exact) mass is 525 g/mol. The Labute approximate surface area is 220 Å². The number of nitrogens with two attached hydrogens (primary N) is 1. The van der Waals surface area contributed by atoms with Gasteiger partial charge in [-0.1, -0.05) is 83.5 Å². The van der Waals surface area contributed by atoms with E-state index in [4.69, 9.17) is 10.5 Å². The molecule has 2 N–H and O–H groups in total. The van der Waals surface area contributed by atoms with Crippen LogP contribution in [0.15, 0.2) is 60.9 Å². The summed E-state index contributed by atoms with van der Waals surface area (Å²) >= 11 is 0. The van der Waals surface area contributed by atoms with Gasteiger partial charge in [-0.25, -0.2) is 13.2 Å². The van der Waals surface area contributed by atoms with E-state index in [-0.39, 0.29) is 17.1 Å². The van der Waals surface area contributed by atoms with Gasteiger partial charge in [0.05, 0.1) is 5.76 Å². The Hall–Kier alpha value is -1.84. The number of benzene rings is 2. The molecule has 2 aromatic rings. The highest BCUT2D eigenvalue weighted by Crippen LogP contribution is 2.35. The van der Waals surface area contributed by atoms with Gasteiger partial charge in [0.15, 0.2) is 0 Å². The zero-order chi connectivity index (χ0) is 27.7. The molecule has 2 aromatic carbocycles. The van der Waals surface area contributed by atoms with E-state index in [1.807, 2.05) is 12.1 Å². The molecule has 0 aliphatic rings. The van der Waals surface area contributed by atoms with Crippen molar-refractivity contribution in [1.29, 1.82) is 0 Å². The van der Waals surface area contributed by atoms with Gasteiger partial charge in [0, 0.05) is 5.16 Å². The first-order chi connectivity index (χ1) is 17.0. The zero-order valence-corrected chi connectivity index (χ0v) is 24.2. The molecule has 2 rings (SSSR count). The molecule has 0 fully saturated rings. The quantitative estimate of drug-likeness (QED) is 0.234. The van der Waals surface area contributed by atoms with Gasteiger partial charge in [0.2, 0.25) is 6.93 Å². The normalized spacial score (nSPS) is 13.9. The molecule has 0 aromatic heterocycles. The van der Waals surface area contributed by atoms with Crippen LogP contribution in [0.4, 0.5) is 13.2 Å². The van der Waals surface area contributed by atoms with Crippen LogP contribution in [0.3, 0.4) is 0 Å². The lowest BCUT2D eigenvalue weighted by Crippen LogP contribution is -2.21. The van der Waals surface area contributed by atoms with E-state index in [0.29, 0.717) is 18.4 Å². The molecule has 204 valence electrons. The summed E-state index contributed by atoms with van der Waals surface area (Å²) in [6, 6.07) is 15.3. The van der Waals surface area contributed by atoms with E-state index in [9.17, 15) is 13.2 Å². The Morgan fingerprint density at radius 1 is 0.944 bits per heavy atom. The number of halogens is 3. The second-order valence-corrected chi connectivity index (χ2v) is 10.8. The minimum Gasteiger partial charge on any atom is -0.490 e. The minimum atomic E-state index is -1.75. The molecule has 6 heteroatoms. The third-order valence-corrected chi connectivity index (χ3v) is 6.67. The second kappa shape index (κ2) is 18.4. The van der Waals surface area contributed by atoms with Crippen LogP contribution >= 0.6 is 9.24 Å². The molecule has 0 aliphatic heterocycles. The van der Waals surface area contributed by atoms with Crippen LogP contribution in [-0.2, 0) is 4.74 Å². The smallest absolute Gasteiger partial charge is 0.229 e. The minimum absolute atomic E-state index is 0.0408. The van der Waals surface area contributed by atoms with Gasteiger partial charge in [0.25, 0.3) is 0 Å². The zero-order valence-electron chi connectivity index (χ0n) is 23.0. The number of rotatable bonds is 11. The second-order valence-electron chi connectivity index (χ2n) is 9.55. The van der Waals surface area contributed by atoms with E-state index in [2.05, 4.69) is 81.6 Å². The van der Waals surface area contributed by atoms with Crippen molar-refractivity contribution in [3.05, 3.63) is 83.4 Å². The first-order valence-electron chi connectivity index (χ1n) is 12.8. The lowest BCUT2D eigenvalue weighted by atomic mass is 9.95.